The van der Waals surface area contributed by atoms with Gasteiger partial charge in [0.2, 0.25) is 0 Å². The van der Waals surface area contributed by atoms with Crippen LogP contribution >= 0.6 is 22.7 Å². The maximum atomic E-state index is 10.0. The zero-order valence-corrected chi connectivity index (χ0v) is 90.3. The molecule has 15 nitrogen and oxygen atoms in total. The number of benzene rings is 10. The molecule has 5 N–H and O–H groups in total. The minimum atomic E-state index is -0.125. The Balaban J connectivity index is 0.000000390. The molecule has 0 unspecified atom stereocenters. The van der Waals surface area contributed by atoms with Crippen LogP contribution < -0.4 is 0 Å². The van der Waals surface area contributed by atoms with E-state index in [9.17, 15) is 24.0 Å². The number of para-hydroxylation sites is 2. The Bertz CT molecular complexity index is 6710. The first-order valence-electron chi connectivity index (χ1n) is 41.0. The molecule has 0 atom stereocenters. The molecular weight excluding hydrogens is 2590 g/mol. The fourth-order valence-corrected chi connectivity index (χ4v) is 15.5. The molecule has 133 heavy (non-hydrogen) atoms. The van der Waals surface area contributed by atoms with Crippen LogP contribution in [0.3, 0.4) is 0 Å². The second-order valence-corrected chi connectivity index (χ2v) is 32.3. The number of hydrogen-bond acceptors (Lipinski definition) is 17. The summed E-state index contributed by atoms with van der Waals surface area (Å²) in [6.07, 6.45) is 9.62. The van der Waals surface area contributed by atoms with E-state index < -0.39 is 0 Å². The first-order chi connectivity index (χ1) is 61.1. The Labute approximate surface area is 855 Å². The number of fused-ring (bicyclic) bond motifs is 9. The second-order valence-electron chi connectivity index (χ2n) is 30.2. The van der Waals surface area contributed by atoms with Crippen LogP contribution in [0.15, 0.2) is 320 Å². The normalized spacial score (nSPS) is 10.7. The largest absolute Gasteiger partial charge is 0.512 e. The van der Waals surface area contributed by atoms with E-state index in [0.717, 1.165) is 84.0 Å². The van der Waals surface area contributed by atoms with Crippen molar-refractivity contribution in [1.29, 1.82) is 0 Å². The minimum absolute atomic E-state index is 0. The minimum Gasteiger partial charge on any atom is -0.512 e. The number of aromatic nitrogens is 5. The molecule has 0 amide bonds. The van der Waals surface area contributed by atoms with E-state index in [0.29, 0.717) is 0 Å². The predicted molar refractivity (Wildman–Crippen MR) is 529 cm³/mol. The molecule has 5 radical (unpaired) electrons. The Kier molecular flexibility index (Phi) is 50.8. The zero-order chi connectivity index (χ0) is 93.1. The Hall–Kier alpha value is -11.5. The summed E-state index contributed by atoms with van der Waals surface area (Å²) in [6.45, 7) is 28.9. The van der Waals surface area contributed by atoms with Gasteiger partial charge < -0.3 is 35.5 Å². The second kappa shape index (κ2) is 58.5. The number of ketones is 5. The van der Waals surface area contributed by atoms with Crippen molar-refractivity contribution >= 4 is 125 Å². The van der Waals surface area contributed by atoms with Gasteiger partial charge in [0.25, 0.3) is 0 Å². The fraction of sp³-hybridized carbons (Fsp3) is 0.153. The first-order valence-corrected chi connectivity index (χ1v) is 42.7. The fourth-order valence-electron chi connectivity index (χ4n) is 13.1. The molecular formula is C111H104Ir5N5O10S2-5. The molecule has 22 heteroatoms. The zero-order valence-electron chi connectivity index (χ0n) is 76.7. The van der Waals surface area contributed by atoms with Crippen molar-refractivity contribution in [3.05, 3.63) is 390 Å². The number of aryl methyl sites for hydroxylation is 7. The number of pyridine rings is 5. The maximum Gasteiger partial charge on any atom is 0.155 e. The van der Waals surface area contributed by atoms with Gasteiger partial charge in [0.05, 0.1) is 45.3 Å². The van der Waals surface area contributed by atoms with Crippen LogP contribution in [0.5, 0.6) is 0 Å². The Morgan fingerprint density at radius 3 is 1.08 bits per heavy atom. The van der Waals surface area contributed by atoms with Crippen LogP contribution in [-0.2, 0) is 124 Å². The number of nitrogens with zero attached hydrogens (tertiary/aromatic N) is 5. The maximum absolute atomic E-state index is 10.0. The van der Waals surface area contributed by atoms with Gasteiger partial charge in [0.1, 0.15) is 0 Å². The van der Waals surface area contributed by atoms with Gasteiger partial charge in [-0.2, -0.15) is 0 Å². The quantitative estimate of drug-likeness (QED) is 0.0485. The van der Waals surface area contributed by atoms with Crippen LogP contribution in [0.2, 0.25) is 0 Å². The molecule has 0 saturated carbocycles. The van der Waals surface area contributed by atoms with E-state index in [1.54, 1.807) is 11.3 Å². The third-order valence-corrected chi connectivity index (χ3v) is 20.4. The number of carbonyl (C=O) groups is 5. The van der Waals surface area contributed by atoms with Crippen molar-refractivity contribution in [3.63, 3.8) is 0 Å². The summed E-state index contributed by atoms with van der Waals surface area (Å²) < 4.78 is 5.11. The monoisotopic (exact) mass is 2700 g/mol. The van der Waals surface area contributed by atoms with Crippen molar-refractivity contribution in [3.8, 4) is 56.3 Å². The summed E-state index contributed by atoms with van der Waals surface area (Å²) in [4.78, 5) is 73.4. The molecule has 0 saturated heterocycles. The average Bonchev–Trinajstić information content (AvgIpc) is 1.60. The van der Waals surface area contributed by atoms with Crippen molar-refractivity contribution in [2.75, 3.05) is 0 Å². The smallest absolute Gasteiger partial charge is 0.155 e. The number of aliphatic hydroxyl groups is 5. The summed E-state index contributed by atoms with van der Waals surface area (Å²) in [5.74, 6) is -0.312. The Morgan fingerprint density at radius 2 is 0.647 bits per heavy atom. The summed E-state index contributed by atoms with van der Waals surface area (Å²) in [6, 6.07) is 102. The topological polar surface area (TPSA) is 251 Å². The molecule has 695 valence electrons. The van der Waals surface area contributed by atoms with Crippen molar-refractivity contribution in [2.24, 2.45) is 0 Å². The standard InChI is InChI=1S/C19H14NS.C17H10NS.2C17H14N.C16H12N.5C5H8O2.5Ir/c1-12-9-13(2)11-14(10-12)18-19-16(7-8-20-18)15-5-3-4-6-17(15)21-19;1-2-6-12(7-3-1)16-17-14(10-11-18-16)13-8-4-5-9-15(13)19-17;1-12-4-3-5-15(10-12)16-9-8-14-7-6-13(2)11-17(14)18-16;1-12-9-13(2)11-15(10-12)17-8-7-14-5-3-4-6-16(14)18-17;1-12-11-14-9-5-6-10-15(14)17-16(12)13-7-3-2-4-8-13;5*1-4(6)3-5(2)7;;;;;/h3-10H,1-2H3;1-6,8-11H;3-4,6-11H,1-2H3;3-10H,1-2H3;2-7,9-11H,1H3;5*3,6H,1-2H3;;;;;/q5*-1;;;;;;;;;;. The molecule has 0 aliphatic carbocycles. The van der Waals surface area contributed by atoms with E-state index >= 15 is 0 Å². The van der Waals surface area contributed by atoms with Gasteiger partial charge in [0.15, 0.2) is 28.9 Å². The number of rotatable bonds is 10. The first kappa shape index (κ1) is 116. The Morgan fingerprint density at radius 1 is 0.293 bits per heavy atom. The van der Waals surface area contributed by atoms with E-state index in [4.69, 9.17) is 40.5 Å². The molecule has 7 aromatic heterocycles. The summed E-state index contributed by atoms with van der Waals surface area (Å²) in [5.41, 5.74) is 21.9. The number of carbonyl (C=O) groups excluding carboxylic acids is 5. The van der Waals surface area contributed by atoms with Crippen molar-refractivity contribution < 1.29 is 150 Å². The molecule has 10 aromatic carbocycles. The third kappa shape index (κ3) is 38.5. The van der Waals surface area contributed by atoms with Crippen LogP contribution in [0.1, 0.15) is 108 Å². The van der Waals surface area contributed by atoms with Gasteiger partial charge >= 0.3 is 0 Å². The number of hydrogen-bond donors (Lipinski definition) is 5. The molecule has 7 heterocycles. The SMILES string of the molecule is CC(=O)C=C(C)O.CC(=O)C=C(C)O.CC(=O)C=C(C)O.CC(=O)C=C(C)O.CC(=O)C=C(C)O.Cc1[c-]c(-c2ccc3ccccc3n2)cc(C)c1.Cc1[c-]c(-c2nccc3c2sc2ccccc23)cc(C)c1.Cc1cc2ccccc2nc1-c1[c-]cccc1.Cc1cc[c-]c(-c2ccc3ccc(C)cc3n2)c1.[Ir].[Ir].[Ir].[Ir].[Ir].[c-]1ccccc1-c1nccc2c1sc1ccccc12. The molecule has 0 bridgehead atoms. The van der Waals surface area contributed by atoms with Gasteiger partial charge in [-0.15, -0.1) is 200 Å². The van der Waals surface area contributed by atoms with Crippen molar-refractivity contribution in [1.82, 2.24) is 24.9 Å². The molecule has 0 aliphatic heterocycles. The molecule has 17 rings (SSSR count). The third-order valence-electron chi connectivity index (χ3n) is 18.0. The summed E-state index contributed by atoms with van der Waals surface area (Å²) in [5, 5.41) is 50.5. The number of aliphatic hydroxyl groups excluding tert-OH is 5. The van der Waals surface area contributed by atoms with Crippen LogP contribution in [0, 0.1) is 78.8 Å². The van der Waals surface area contributed by atoms with Crippen LogP contribution in [-0.4, -0.2) is 79.4 Å². The van der Waals surface area contributed by atoms with Gasteiger partial charge in [-0.25, -0.2) is 0 Å². The van der Waals surface area contributed by atoms with E-state index in [1.807, 2.05) is 109 Å². The van der Waals surface area contributed by atoms with E-state index in [-0.39, 0.29) is 158 Å². The van der Waals surface area contributed by atoms with Crippen LogP contribution in [0.4, 0.5) is 0 Å². The molecule has 0 spiro atoms. The van der Waals surface area contributed by atoms with Gasteiger partial charge in [0, 0.05) is 173 Å². The number of allylic oxidation sites excluding steroid dienone is 10. The summed E-state index contributed by atoms with van der Waals surface area (Å²) >= 11 is 3.61. The predicted octanol–water partition coefficient (Wildman–Crippen LogP) is 28.3. The molecule has 0 aliphatic rings. The van der Waals surface area contributed by atoms with Gasteiger partial charge in [-0.05, 0) is 186 Å². The molecule has 17 aromatic rings. The number of thiophene rings is 2. The van der Waals surface area contributed by atoms with E-state index in [1.165, 1.54) is 184 Å². The average molecular weight is 2690 g/mol. The molecule has 0 fully saturated rings. The van der Waals surface area contributed by atoms with E-state index in [2.05, 4.69) is 253 Å². The van der Waals surface area contributed by atoms with Gasteiger partial charge in [-0.1, -0.05) is 155 Å². The van der Waals surface area contributed by atoms with Gasteiger partial charge in [-0.3, -0.25) is 38.9 Å². The van der Waals surface area contributed by atoms with Crippen molar-refractivity contribution in [2.45, 2.75) is 118 Å². The van der Waals surface area contributed by atoms with Crippen LogP contribution in [0.25, 0.3) is 129 Å². The summed E-state index contributed by atoms with van der Waals surface area (Å²) in [7, 11) is 0.